The van der Waals surface area contributed by atoms with Crippen molar-refractivity contribution in [2.24, 2.45) is 7.05 Å². The number of carboxylic acids is 1. The molecule has 17 heavy (non-hydrogen) atoms. The second-order valence-corrected chi connectivity index (χ2v) is 3.93. The normalized spacial score (nSPS) is 10.8. The molecular weight excluding hydrogens is 218 g/mol. The molecule has 0 aliphatic rings. The van der Waals surface area contributed by atoms with Gasteiger partial charge in [0.25, 0.3) is 0 Å². The topological polar surface area (TPSA) is 51.5 Å². The molecule has 90 valence electrons. The summed E-state index contributed by atoms with van der Waals surface area (Å²) in [7, 11) is 3.37. The van der Waals surface area contributed by atoms with Gasteiger partial charge in [-0.1, -0.05) is 6.92 Å². The summed E-state index contributed by atoms with van der Waals surface area (Å²) in [6.45, 7) is 1.96. The van der Waals surface area contributed by atoms with Crippen molar-refractivity contribution >= 4 is 16.9 Å². The Labute approximate surface area is 99.4 Å². The van der Waals surface area contributed by atoms with Crippen molar-refractivity contribution in [1.82, 2.24) is 4.57 Å². The lowest BCUT2D eigenvalue weighted by Crippen LogP contribution is -2.06. The molecule has 2 rings (SSSR count). The summed E-state index contributed by atoms with van der Waals surface area (Å²) in [5.41, 5.74) is 2.12. The Bertz CT molecular complexity index is 584. The molecule has 0 radical (unpaired) electrons. The lowest BCUT2D eigenvalue weighted by atomic mass is 10.1. The van der Waals surface area contributed by atoms with Crippen LogP contribution in [-0.4, -0.2) is 22.8 Å². The smallest absolute Gasteiger partial charge is 0.352 e. The summed E-state index contributed by atoms with van der Waals surface area (Å²) < 4.78 is 6.87. The number of aromatic carboxylic acids is 1. The van der Waals surface area contributed by atoms with Gasteiger partial charge in [-0.05, 0) is 24.1 Å². The summed E-state index contributed by atoms with van der Waals surface area (Å²) in [6.07, 6.45) is 0.700. The predicted octanol–water partition coefficient (Wildman–Crippen LogP) is 2.45. The van der Waals surface area contributed by atoms with Crippen LogP contribution >= 0.6 is 0 Å². The Kier molecular flexibility index (Phi) is 2.79. The van der Waals surface area contributed by atoms with E-state index in [1.165, 1.54) is 0 Å². The molecule has 1 heterocycles. The highest BCUT2D eigenvalue weighted by molar-refractivity contribution is 5.98. The number of aryl methyl sites for hydroxylation is 2. The molecule has 0 aliphatic carbocycles. The first-order valence-corrected chi connectivity index (χ1v) is 5.48. The molecule has 1 N–H and O–H groups in total. The molecular formula is C13H15NO3. The second-order valence-electron chi connectivity index (χ2n) is 3.93. The fraction of sp³-hybridized carbons (Fsp3) is 0.308. The number of ether oxygens (including phenoxy) is 1. The molecule has 0 amide bonds. The highest BCUT2D eigenvalue weighted by Crippen LogP contribution is 2.29. The molecule has 0 saturated heterocycles. The minimum absolute atomic E-state index is 0.357. The standard InChI is InChI=1S/C13H15NO3/c1-4-9-10-6-5-8(17-3)7-11(10)14(2)12(9)13(15)16/h5-7H,4H2,1-3H3,(H,15,16). The first kappa shape index (κ1) is 11.5. The molecule has 0 aliphatic heterocycles. The van der Waals surface area contributed by atoms with Gasteiger partial charge >= 0.3 is 5.97 Å². The fourth-order valence-electron chi connectivity index (χ4n) is 2.25. The van der Waals surface area contributed by atoms with Gasteiger partial charge in [-0.15, -0.1) is 0 Å². The number of methoxy groups -OCH3 is 1. The van der Waals surface area contributed by atoms with Gasteiger partial charge < -0.3 is 14.4 Å². The molecule has 1 aromatic heterocycles. The van der Waals surface area contributed by atoms with E-state index in [0.717, 1.165) is 22.2 Å². The van der Waals surface area contributed by atoms with E-state index < -0.39 is 5.97 Å². The monoisotopic (exact) mass is 233 g/mol. The number of carbonyl (C=O) groups is 1. The number of rotatable bonds is 3. The summed E-state index contributed by atoms with van der Waals surface area (Å²) in [4.78, 5) is 11.3. The van der Waals surface area contributed by atoms with Crippen molar-refractivity contribution in [3.8, 4) is 5.75 Å². The van der Waals surface area contributed by atoms with Crippen LogP contribution in [0.15, 0.2) is 18.2 Å². The average molecular weight is 233 g/mol. The highest BCUT2D eigenvalue weighted by atomic mass is 16.5. The Morgan fingerprint density at radius 1 is 1.47 bits per heavy atom. The van der Waals surface area contributed by atoms with Gasteiger partial charge in [-0.25, -0.2) is 4.79 Å². The highest BCUT2D eigenvalue weighted by Gasteiger charge is 2.19. The molecule has 2 aromatic rings. The number of nitrogens with zero attached hydrogens (tertiary/aromatic N) is 1. The van der Waals surface area contributed by atoms with E-state index in [-0.39, 0.29) is 0 Å². The largest absolute Gasteiger partial charge is 0.497 e. The van der Waals surface area contributed by atoms with Crippen LogP contribution in [0.5, 0.6) is 5.75 Å². The van der Waals surface area contributed by atoms with E-state index in [9.17, 15) is 9.90 Å². The molecule has 0 atom stereocenters. The van der Waals surface area contributed by atoms with E-state index >= 15 is 0 Å². The van der Waals surface area contributed by atoms with Crippen LogP contribution < -0.4 is 4.74 Å². The maximum Gasteiger partial charge on any atom is 0.352 e. The number of aromatic nitrogens is 1. The van der Waals surface area contributed by atoms with Crippen LogP contribution in [0.3, 0.4) is 0 Å². The van der Waals surface area contributed by atoms with Gasteiger partial charge in [0.15, 0.2) is 0 Å². The lowest BCUT2D eigenvalue weighted by molar-refractivity contribution is 0.0686. The van der Waals surface area contributed by atoms with Crippen molar-refractivity contribution in [1.29, 1.82) is 0 Å². The van der Waals surface area contributed by atoms with Gasteiger partial charge in [0.05, 0.1) is 12.6 Å². The zero-order valence-corrected chi connectivity index (χ0v) is 10.2. The van der Waals surface area contributed by atoms with Gasteiger partial charge in [0.1, 0.15) is 11.4 Å². The van der Waals surface area contributed by atoms with Crippen molar-refractivity contribution in [3.63, 3.8) is 0 Å². The quantitative estimate of drug-likeness (QED) is 0.885. The summed E-state index contributed by atoms with van der Waals surface area (Å²) in [6, 6.07) is 5.63. The van der Waals surface area contributed by atoms with E-state index in [2.05, 4.69) is 0 Å². The fourth-order valence-corrected chi connectivity index (χ4v) is 2.25. The zero-order chi connectivity index (χ0) is 12.6. The summed E-state index contributed by atoms with van der Waals surface area (Å²) in [5.74, 6) is -0.155. The second kappa shape index (κ2) is 4.13. The molecule has 1 aromatic carbocycles. The Hall–Kier alpha value is -1.97. The third kappa shape index (κ3) is 1.65. The lowest BCUT2D eigenvalue weighted by Gasteiger charge is -2.01. The molecule has 0 bridgehead atoms. The van der Waals surface area contributed by atoms with E-state index in [4.69, 9.17) is 4.74 Å². The van der Waals surface area contributed by atoms with Crippen LogP contribution in [-0.2, 0) is 13.5 Å². The maximum absolute atomic E-state index is 11.3. The Morgan fingerprint density at radius 3 is 2.71 bits per heavy atom. The number of hydrogen-bond donors (Lipinski definition) is 1. The minimum Gasteiger partial charge on any atom is -0.497 e. The van der Waals surface area contributed by atoms with Crippen LogP contribution in [0.25, 0.3) is 10.9 Å². The predicted molar refractivity (Wildman–Crippen MR) is 65.8 cm³/mol. The van der Waals surface area contributed by atoms with Gasteiger partial charge in [-0.3, -0.25) is 0 Å². The number of fused-ring (bicyclic) bond motifs is 1. The van der Waals surface area contributed by atoms with Crippen molar-refractivity contribution in [2.75, 3.05) is 7.11 Å². The van der Waals surface area contributed by atoms with Crippen LogP contribution in [0.1, 0.15) is 23.0 Å². The first-order valence-electron chi connectivity index (χ1n) is 5.48. The maximum atomic E-state index is 11.3. The number of carboxylic acid groups (broad SMARTS) is 1. The van der Waals surface area contributed by atoms with Crippen molar-refractivity contribution < 1.29 is 14.6 Å². The Morgan fingerprint density at radius 2 is 2.18 bits per heavy atom. The molecule has 0 saturated carbocycles. The molecule has 4 heteroatoms. The zero-order valence-electron chi connectivity index (χ0n) is 10.2. The van der Waals surface area contributed by atoms with E-state index in [1.54, 1.807) is 18.7 Å². The first-order chi connectivity index (χ1) is 8.10. The summed E-state index contributed by atoms with van der Waals surface area (Å²) in [5, 5.41) is 10.2. The van der Waals surface area contributed by atoms with Gasteiger partial charge in [0.2, 0.25) is 0 Å². The summed E-state index contributed by atoms with van der Waals surface area (Å²) >= 11 is 0. The molecule has 0 unspecified atom stereocenters. The van der Waals surface area contributed by atoms with Crippen molar-refractivity contribution in [2.45, 2.75) is 13.3 Å². The Balaban J connectivity index is 2.83. The third-order valence-corrected chi connectivity index (χ3v) is 3.07. The van der Waals surface area contributed by atoms with Gasteiger partial charge in [0, 0.05) is 18.5 Å². The van der Waals surface area contributed by atoms with Crippen LogP contribution in [0.4, 0.5) is 0 Å². The third-order valence-electron chi connectivity index (χ3n) is 3.07. The van der Waals surface area contributed by atoms with Crippen LogP contribution in [0, 0.1) is 0 Å². The van der Waals surface area contributed by atoms with E-state index in [1.807, 2.05) is 25.1 Å². The molecule has 4 nitrogen and oxygen atoms in total. The number of hydrogen-bond acceptors (Lipinski definition) is 2. The number of benzene rings is 1. The SMILES string of the molecule is CCc1c(C(=O)O)n(C)c2cc(OC)ccc12. The van der Waals surface area contributed by atoms with Crippen LogP contribution in [0.2, 0.25) is 0 Å². The van der Waals surface area contributed by atoms with E-state index in [0.29, 0.717) is 12.1 Å². The molecule has 0 fully saturated rings. The minimum atomic E-state index is -0.889. The van der Waals surface area contributed by atoms with Crippen molar-refractivity contribution in [3.05, 3.63) is 29.5 Å². The van der Waals surface area contributed by atoms with Gasteiger partial charge in [-0.2, -0.15) is 0 Å². The molecule has 0 spiro atoms. The average Bonchev–Trinajstić information content (AvgIpc) is 2.61.